The molecule has 2 aromatic heterocycles. The third kappa shape index (κ3) is 3.15. The number of furan rings is 1. The van der Waals surface area contributed by atoms with Crippen molar-refractivity contribution in [3.63, 3.8) is 0 Å². The molecule has 0 radical (unpaired) electrons. The summed E-state index contributed by atoms with van der Waals surface area (Å²) >= 11 is 3.42. The van der Waals surface area contributed by atoms with Gasteiger partial charge >= 0.3 is 0 Å². The molecule has 4 rings (SSSR count). The van der Waals surface area contributed by atoms with Gasteiger partial charge in [0.1, 0.15) is 11.4 Å². The first-order valence-electron chi connectivity index (χ1n) is 8.17. The van der Waals surface area contributed by atoms with Crippen LogP contribution in [0.2, 0.25) is 0 Å². The molecular formula is C20H16BrN3O2. The summed E-state index contributed by atoms with van der Waals surface area (Å²) in [4.78, 5) is 12.7. The predicted molar refractivity (Wildman–Crippen MR) is 104 cm³/mol. The SMILES string of the molecule is Cc1c(C(=O)Nc2ccnn2Cc2ccccc2)oc2cc(Br)ccc12. The number of nitrogens with one attached hydrogen (secondary N) is 1. The number of nitrogens with zero attached hydrogens (tertiary/aromatic N) is 2. The highest BCUT2D eigenvalue weighted by Gasteiger charge is 2.19. The Bertz CT molecular complexity index is 1080. The van der Waals surface area contributed by atoms with Crippen molar-refractivity contribution in [3.05, 3.63) is 82.2 Å². The number of halogens is 1. The molecule has 0 aliphatic rings. The van der Waals surface area contributed by atoms with Crippen LogP contribution < -0.4 is 5.32 Å². The van der Waals surface area contributed by atoms with Gasteiger partial charge in [-0.05, 0) is 30.7 Å². The van der Waals surface area contributed by atoms with Crippen molar-refractivity contribution in [1.82, 2.24) is 9.78 Å². The van der Waals surface area contributed by atoms with Gasteiger partial charge in [0.25, 0.3) is 5.91 Å². The standard InChI is InChI=1S/C20H16BrN3O2/c1-13-16-8-7-15(21)11-17(16)26-19(13)20(25)23-18-9-10-22-24(18)12-14-5-3-2-4-6-14/h2-11H,12H2,1H3,(H,23,25). The predicted octanol–water partition coefficient (Wildman–Crippen LogP) is 5.00. The van der Waals surface area contributed by atoms with Gasteiger partial charge in [0.2, 0.25) is 0 Å². The molecule has 0 bridgehead atoms. The molecule has 6 heteroatoms. The Kier molecular flexibility index (Phi) is 4.34. The molecule has 2 aromatic carbocycles. The number of carbonyl (C=O) groups is 1. The number of carbonyl (C=O) groups excluding carboxylic acids is 1. The molecule has 0 spiro atoms. The minimum Gasteiger partial charge on any atom is -0.451 e. The van der Waals surface area contributed by atoms with Crippen molar-refractivity contribution in [2.45, 2.75) is 13.5 Å². The fourth-order valence-electron chi connectivity index (χ4n) is 2.91. The molecule has 0 fully saturated rings. The number of hydrogen-bond acceptors (Lipinski definition) is 3. The van der Waals surface area contributed by atoms with Crippen LogP contribution in [0.3, 0.4) is 0 Å². The third-order valence-corrected chi connectivity index (χ3v) is 4.73. The molecule has 1 amide bonds. The van der Waals surface area contributed by atoms with E-state index in [0.29, 0.717) is 23.7 Å². The third-order valence-electron chi connectivity index (χ3n) is 4.24. The lowest BCUT2D eigenvalue weighted by Gasteiger charge is -2.08. The second kappa shape index (κ2) is 6.80. The van der Waals surface area contributed by atoms with E-state index >= 15 is 0 Å². The minimum atomic E-state index is -0.287. The zero-order valence-electron chi connectivity index (χ0n) is 14.1. The van der Waals surface area contributed by atoms with Gasteiger partial charge in [-0.1, -0.05) is 46.3 Å². The van der Waals surface area contributed by atoms with E-state index in [-0.39, 0.29) is 5.91 Å². The number of amides is 1. The zero-order chi connectivity index (χ0) is 18.1. The van der Waals surface area contributed by atoms with Crippen LogP contribution in [0.5, 0.6) is 0 Å². The number of aromatic nitrogens is 2. The van der Waals surface area contributed by atoms with E-state index in [4.69, 9.17) is 4.42 Å². The maximum absolute atomic E-state index is 12.7. The maximum Gasteiger partial charge on any atom is 0.292 e. The van der Waals surface area contributed by atoms with Crippen LogP contribution in [0.15, 0.2) is 69.7 Å². The Hall–Kier alpha value is -2.86. The Morgan fingerprint density at radius 2 is 2.00 bits per heavy atom. The molecule has 0 unspecified atom stereocenters. The number of fused-ring (bicyclic) bond motifs is 1. The van der Waals surface area contributed by atoms with Gasteiger partial charge in [-0.15, -0.1) is 0 Å². The summed E-state index contributed by atoms with van der Waals surface area (Å²) in [5.41, 5.74) is 2.61. The summed E-state index contributed by atoms with van der Waals surface area (Å²) in [7, 11) is 0. The minimum absolute atomic E-state index is 0.287. The Labute approximate surface area is 158 Å². The summed E-state index contributed by atoms with van der Waals surface area (Å²) in [6.07, 6.45) is 1.67. The zero-order valence-corrected chi connectivity index (χ0v) is 15.7. The number of benzene rings is 2. The van der Waals surface area contributed by atoms with E-state index in [9.17, 15) is 4.79 Å². The lowest BCUT2D eigenvalue weighted by atomic mass is 10.1. The van der Waals surface area contributed by atoms with E-state index < -0.39 is 0 Å². The van der Waals surface area contributed by atoms with Gasteiger partial charge in [-0.2, -0.15) is 5.10 Å². The average molecular weight is 410 g/mol. The van der Waals surface area contributed by atoms with Crippen LogP contribution in [0.1, 0.15) is 21.7 Å². The molecule has 5 nitrogen and oxygen atoms in total. The summed E-state index contributed by atoms with van der Waals surface area (Å²) < 4.78 is 8.44. The van der Waals surface area contributed by atoms with Gasteiger partial charge in [-0.25, -0.2) is 4.68 Å². The Morgan fingerprint density at radius 1 is 1.19 bits per heavy atom. The average Bonchev–Trinajstić information content (AvgIpc) is 3.20. The molecule has 130 valence electrons. The fraction of sp³-hybridized carbons (Fsp3) is 0.100. The van der Waals surface area contributed by atoms with Crippen LogP contribution in [0.25, 0.3) is 11.0 Å². The van der Waals surface area contributed by atoms with Crippen LogP contribution in [0, 0.1) is 6.92 Å². The lowest BCUT2D eigenvalue weighted by molar-refractivity contribution is 0.0997. The van der Waals surface area contributed by atoms with Crippen molar-refractivity contribution < 1.29 is 9.21 Å². The molecule has 1 N–H and O–H groups in total. The van der Waals surface area contributed by atoms with Gasteiger partial charge in [-0.3, -0.25) is 4.79 Å². The van der Waals surface area contributed by atoms with Crippen LogP contribution in [-0.2, 0) is 6.54 Å². The second-order valence-corrected chi connectivity index (χ2v) is 6.93. The van der Waals surface area contributed by atoms with Gasteiger partial charge in [0.05, 0.1) is 12.7 Å². The number of aryl methyl sites for hydroxylation is 1. The molecule has 26 heavy (non-hydrogen) atoms. The van der Waals surface area contributed by atoms with Crippen molar-refractivity contribution in [2.75, 3.05) is 5.32 Å². The molecule has 4 aromatic rings. The first-order valence-corrected chi connectivity index (χ1v) is 8.97. The van der Waals surface area contributed by atoms with Crippen molar-refractivity contribution in [2.24, 2.45) is 0 Å². The van der Waals surface area contributed by atoms with Crippen molar-refractivity contribution >= 4 is 38.6 Å². The van der Waals surface area contributed by atoms with E-state index in [1.165, 1.54) is 0 Å². The first kappa shape index (κ1) is 16.6. The first-order chi connectivity index (χ1) is 12.6. The largest absolute Gasteiger partial charge is 0.451 e. The molecule has 0 saturated carbocycles. The van der Waals surface area contributed by atoms with E-state index in [2.05, 4.69) is 26.3 Å². The maximum atomic E-state index is 12.7. The quantitative estimate of drug-likeness (QED) is 0.515. The topological polar surface area (TPSA) is 60.1 Å². The summed E-state index contributed by atoms with van der Waals surface area (Å²) in [6, 6.07) is 17.5. The van der Waals surface area contributed by atoms with Gasteiger partial charge in [0.15, 0.2) is 5.76 Å². The summed E-state index contributed by atoms with van der Waals surface area (Å²) in [6.45, 7) is 2.46. The fourth-order valence-corrected chi connectivity index (χ4v) is 3.25. The van der Waals surface area contributed by atoms with Gasteiger partial charge < -0.3 is 9.73 Å². The van der Waals surface area contributed by atoms with E-state index in [1.54, 1.807) is 16.9 Å². The highest BCUT2D eigenvalue weighted by Crippen LogP contribution is 2.28. The molecule has 0 saturated heterocycles. The smallest absolute Gasteiger partial charge is 0.292 e. The van der Waals surface area contributed by atoms with Crippen LogP contribution in [-0.4, -0.2) is 15.7 Å². The highest BCUT2D eigenvalue weighted by molar-refractivity contribution is 9.10. The highest BCUT2D eigenvalue weighted by atomic mass is 79.9. The normalized spacial score (nSPS) is 11.0. The molecule has 0 atom stereocenters. The van der Waals surface area contributed by atoms with Crippen molar-refractivity contribution in [1.29, 1.82) is 0 Å². The number of rotatable bonds is 4. The number of hydrogen-bond donors (Lipinski definition) is 1. The Morgan fingerprint density at radius 3 is 2.81 bits per heavy atom. The monoisotopic (exact) mass is 409 g/mol. The summed E-state index contributed by atoms with van der Waals surface area (Å²) in [5, 5.41) is 8.13. The second-order valence-electron chi connectivity index (χ2n) is 6.01. The molecular weight excluding hydrogens is 394 g/mol. The molecule has 2 heterocycles. The van der Waals surface area contributed by atoms with Crippen LogP contribution >= 0.6 is 15.9 Å². The summed E-state index contributed by atoms with van der Waals surface area (Å²) in [5.74, 6) is 0.648. The van der Waals surface area contributed by atoms with E-state index in [0.717, 1.165) is 21.0 Å². The number of anilines is 1. The molecule has 0 aliphatic carbocycles. The molecule has 0 aliphatic heterocycles. The lowest BCUT2D eigenvalue weighted by Crippen LogP contribution is -2.16. The Balaban J connectivity index is 1.60. The van der Waals surface area contributed by atoms with Crippen LogP contribution in [0.4, 0.5) is 5.82 Å². The van der Waals surface area contributed by atoms with Crippen molar-refractivity contribution in [3.8, 4) is 0 Å². The van der Waals surface area contributed by atoms with Gasteiger partial charge in [0, 0.05) is 21.5 Å². The van der Waals surface area contributed by atoms with E-state index in [1.807, 2.05) is 55.5 Å².